The van der Waals surface area contributed by atoms with E-state index in [4.69, 9.17) is 14.2 Å². The second kappa shape index (κ2) is 9.94. The van der Waals surface area contributed by atoms with Crippen LogP contribution in [0.2, 0.25) is 0 Å². The smallest absolute Gasteiger partial charge is 0.425 e. The molecule has 4 rings (SSSR count). The summed E-state index contributed by atoms with van der Waals surface area (Å²) in [5.41, 5.74) is -4.74. The van der Waals surface area contributed by atoms with Gasteiger partial charge in [-0.3, -0.25) is 14.4 Å². The summed E-state index contributed by atoms with van der Waals surface area (Å²) in [6, 6.07) is 10.8. The average Bonchev–Trinajstić information content (AvgIpc) is 3.10. The van der Waals surface area contributed by atoms with E-state index >= 15 is 13.2 Å². The quantitative estimate of drug-likeness (QED) is 0.553. The summed E-state index contributed by atoms with van der Waals surface area (Å²) in [5, 5.41) is 1.93. The van der Waals surface area contributed by atoms with Crippen LogP contribution in [-0.2, 0) is 16.1 Å². The Kier molecular flexibility index (Phi) is 7.14. The SMILES string of the molecule is COc1cc(C(=O)N[C@@]2(C(F)(F)F)C(=O)N(Cc3ccccc3)C3=C2C(=O)CC(C)(C)C3)cc(OC)c1OC. The molecule has 39 heavy (non-hydrogen) atoms. The zero-order valence-corrected chi connectivity index (χ0v) is 22.2. The Bertz CT molecular complexity index is 1330. The summed E-state index contributed by atoms with van der Waals surface area (Å²) >= 11 is 0. The van der Waals surface area contributed by atoms with E-state index in [1.165, 1.54) is 33.5 Å². The monoisotopic (exact) mass is 546 g/mol. The van der Waals surface area contributed by atoms with E-state index in [-0.39, 0.29) is 47.9 Å². The van der Waals surface area contributed by atoms with Crippen LogP contribution in [0.25, 0.3) is 0 Å². The zero-order chi connectivity index (χ0) is 28.8. The first-order valence-corrected chi connectivity index (χ1v) is 12.1. The van der Waals surface area contributed by atoms with Crippen molar-refractivity contribution in [2.45, 2.75) is 44.9 Å². The first-order chi connectivity index (χ1) is 18.3. The lowest BCUT2D eigenvalue weighted by Gasteiger charge is -2.35. The molecule has 0 fully saturated rings. The Balaban J connectivity index is 1.87. The normalized spacial score (nSPS) is 20.6. The summed E-state index contributed by atoms with van der Waals surface area (Å²) in [5.74, 6) is -3.33. The number of halogens is 3. The van der Waals surface area contributed by atoms with E-state index < -0.39 is 40.3 Å². The summed E-state index contributed by atoms with van der Waals surface area (Å²) < 4.78 is 60.9. The first-order valence-electron chi connectivity index (χ1n) is 12.1. The first kappa shape index (κ1) is 28.0. The van der Waals surface area contributed by atoms with Crippen LogP contribution in [0.4, 0.5) is 13.2 Å². The van der Waals surface area contributed by atoms with Gasteiger partial charge in [0.2, 0.25) is 11.3 Å². The average molecular weight is 547 g/mol. The van der Waals surface area contributed by atoms with Gasteiger partial charge < -0.3 is 24.4 Å². The minimum absolute atomic E-state index is 0.0295. The van der Waals surface area contributed by atoms with Crippen molar-refractivity contribution in [2.24, 2.45) is 5.41 Å². The molecule has 1 N–H and O–H groups in total. The minimum atomic E-state index is -5.33. The molecule has 0 aromatic heterocycles. The van der Waals surface area contributed by atoms with Gasteiger partial charge in [0.25, 0.3) is 11.8 Å². The van der Waals surface area contributed by atoms with Gasteiger partial charge in [-0.15, -0.1) is 0 Å². The summed E-state index contributed by atoms with van der Waals surface area (Å²) in [4.78, 5) is 41.6. The summed E-state index contributed by atoms with van der Waals surface area (Å²) in [7, 11) is 3.91. The Morgan fingerprint density at radius 3 is 2.08 bits per heavy atom. The van der Waals surface area contributed by atoms with Crippen LogP contribution in [0, 0.1) is 5.41 Å². The minimum Gasteiger partial charge on any atom is -0.493 e. The number of ether oxygens (including phenoxy) is 3. The van der Waals surface area contributed by atoms with E-state index in [1.807, 2.05) is 5.32 Å². The number of methoxy groups -OCH3 is 3. The van der Waals surface area contributed by atoms with Crippen molar-refractivity contribution >= 4 is 17.6 Å². The molecule has 1 aliphatic heterocycles. The van der Waals surface area contributed by atoms with Crippen molar-refractivity contribution in [3.8, 4) is 17.2 Å². The fourth-order valence-corrected chi connectivity index (χ4v) is 5.21. The molecule has 8 nitrogen and oxygen atoms in total. The van der Waals surface area contributed by atoms with Crippen LogP contribution in [0.3, 0.4) is 0 Å². The van der Waals surface area contributed by atoms with Gasteiger partial charge in [0.1, 0.15) is 0 Å². The molecular formula is C28H29F3N2O6. The lowest BCUT2D eigenvalue weighted by atomic mass is 9.72. The summed E-state index contributed by atoms with van der Waals surface area (Å²) in [6.45, 7) is 3.31. The number of hydrogen-bond donors (Lipinski definition) is 1. The maximum absolute atomic E-state index is 15.1. The van der Waals surface area contributed by atoms with Crippen molar-refractivity contribution in [1.82, 2.24) is 10.2 Å². The highest BCUT2D eigenvalue weighted by atomic mass is 19.4. The van der Waals surface area contributed by atoms with E-state index in [9.17, 15) is 14.4 Å². The molecule has 0 bridgehead atoms. The fraction of sp³-hybridized carbons (Fsp3) is 0.393. The third-order valence-electron chi connectivity index (χ3n) is 6.96. The van der Waals surface area contributed by atoms with Crippen LogP contribution >= 0.6 is 0 Å². The number of carbonyl (C=O) groups excluding carboxylic acids is 3. The molecule has 2 amide bonds. The van der Waals surface area contributed by atoms with Crippen molar-refractivity contribution in [3.63, 3.8) is 0 Å². The number of nitrogens with zero attached hydrogens (tertiary/aromatic N) is 1. The Hall–Kier alpha value is -4.02. The van der Waals surface area contributed by atoms with Crippen LogP contribution in [0.5, 0.6) is 17.2 Å². The van der Waals surface area contributed by atoms with Gasteiger partial charge in [-0.05, 0) is 29.5 Å². The number of nitrogens with one attached hydrogen (secondary N) is 1. The molecule has 0 saturated heterocycles. The van der Waals surface area contributed by atoms with Gasteiger partial charge in [-0.25, -0.2) is 0 Å². The molecular weight excluding hydrogens is 517 g/mol. The maximum Gasteiger partial charge on any atom is 0.425 e. The van der Waals surface area contributed by atoms with Crippen molar-refractivity contribution < 1.29 is 41.8 Å². The van der Waals surface area contributed by atoms with Gasteiger partial charge in [-0.1, -0.05) is 44.2 Å². The van der Waals surface area contributed by atoms with Crippen molar-refractivity contribution in [3.05, 3.63) is 64.9 Å². The Morgan fingerprint density at radius 1 is 0.974 bits per heavy atom. The molecule has 0 spiro atoms. The van der Waals surface area contributed by atoms with Crippen LogP contribution in [0.1, 0.15) is 42.6 Å². The highest BCUT2D eigenvalue weighted by Gasteiger charge is 2.71. The number of rotatable bonds is 7. The van der Waals surface area contributed by atoms with Gasteiger partial charge in [-0.2, -0.15) is 13.2 Å². The number of amides is 2. The fourth-order valence-electron chi connectivity index (χ4n) is 5.21. The zero-order valence-electron chi connectivity index (χ0n) is 22.2. The van der Waals surface area contributed by atoms with Crippen molar-refractivity contribution in [1.29, 1.82) is 0 Å². The van der Waals surface area contributed by atoms with Crippen molar-refractivity contribution in [2.75, 3.05) is 21.3 Å². The van der Waals surface area contributed by atoms with Crippen LogP contribution < -0.4 is 19.5 Å². The highest BCUT2D eigenvalue weighted by molar-refractivity contribution is 6.14. The number of benzene rings is 2. The second-order valence-corrected chi connectivity index (χ2v) is 10.3. The predicted molar refractivity (Wildman–Crippen MR) is 134 cm³/mol. The Labute approximate surface area is 223 Å². The molecule has 1 heterocycles. The Morgan fingerprint density at radius 2 is 1.56 bits per heavy atom. The number of ketones is 1. The van der Waals surface area contributed by atoms with Gasteiger partial charge >= 0.3 is 6.18 Å². The number of alkyl halides is 3. The predicted octanol–water partition coefficient (Wildman–Crippen LogP) is 4.43. The molecule has 2 aromatic rings. The van der Waals surface area contributed by atoms with E-state index in [1.54, 1.807) is 44.2 Å². The van der Waals surface area contributed by atoms with Gasteiger partial charge in [0.05, 0.1) is 33.4 Å². The molecule has 2 aliphatic rings. The lowest BCUT2D eigenvalue weighted by Crippen LogP contribution is -2.66. The molecule has 2 aromatic carbocycles. The molecule has 0 radical (unpaired) electrons. The maximum atomic E-state index is 15.1. The van der Waals surface area contributed by atoms with Gasteiger partial charge in [0.15, 0.2) is 17.3 Å². The number of hydrogen-bond acceptors (Lipinski definition) is 6. The summed E-state index contributed by atoms with van der Waals surface area (Å²) in [6.07, 6.45) is -5.50. The van der Waals surface area contributed by atoms with Crippen LogP contribution in [-0.4, -0.2) is 55.5 Å². The largest absolute Gasteiger partial charge is 0.493 e. The molecule has 0 saturated carbocycles. The molecule has 11 heteroatoms. The molecule has 208 valence electrons. The topological polar surface area (TPSA) is 94.2 Å². The third kappa shape index (κ3) is 4.70. The molecule has 0 unspecified atom stereocenters. The van der Waals surface area contributed by atoms with Gasteiger partial charge in [0, 0.05) is 17.7 Å². The number of Topliss-reactive ketones (excluding diaryl/α,β-unsaturated/α-hetero) is 1. The standard InChI is InChI=1S/C28H29F3N2O6/c1-26(2)13-18-22(19(34)14-26)27(28(29,30)31,25(36)33(18)15-16-9-7-6-8-10-16)32-24(35)17-11-20(37-3)23(39-5)21(12-17)38-4/h6-12H,13-15H2,1-5H3,(H,32,35)/t27-/m1/s1. The number of carbonyl (C=O) groups is 3. The molecule has 1 atom stereocenters. The van der Waals surface area contributed by atoms with Crippen LogP contribution in [0.15, 0.2) is 53.7 Å². The van der Waals surface area contributed by atoms with E-state index in [0.717, 1.165) is 4.90 Å². The van der Waals surface area contributed by atoms with E-state index in [0.29, 0.717) is 5.56 Å². The third-order valence-corrected chi connectivity index (χ3v) is 6.96. The number of allylic oxidation sites excluding steroid dienone is 1. The highest BCUT2D eigenvalue weighted by Crippen LogP contribution is 2.52. The second-order valence-electron chi connectivity index (χ2n) is 10.3. The van der Waals surface area contributed by atoms with E-state index in [2.05, 4.69) is 0 Å². The molecule has 1 aliphatic carbocycles. The lowest BCUT2D eigenvalue weighted by molar-refractivity contribution is -0.190.